The molecular formula is C16H30N2O2. The largest absolute Gasteiger partial charge is 0.480 e. The summed E-state index contributed by atoms with van der Waals surface area (Å²) in [6, 6.07) is 0.931. The molecule has 2 aliphatic rings. The standard InChI is InChI=1S/C16H30N2O2/c1-15(2)9-6-12(7-10-15)18(3)13-5-4-8-16(17,11-13)14(19)20/h12-13H,4-11,17H2,1-3H3,(H,19,20). The second kappa shape index (κ2) is 5.64. The fourth-order valence-electron chi connectivity index (χ4n) is 3.91. The van der Waals surface area contributed by atoms with Gasteiger partial charge in [-0.15, -0.1) is 0 Å². The van der Waals surface area contributed by atoms with Crippen LogP contribution in [0.5, 0.6) is 0 Å². The maximum atomic E-state index is 11.4. The third kappa shape index (κ3) is 3.34. The van der Waals surface area contributed by atoms with Crippen LogP contribution in [-0.4, -0.2) is 40.6 Å². The maximum absolute atomic E-state index is 11.4. The monoisotopic (exact) mass is 282 g/mol. The molecule has 0 saturated heterocycles. The molecule has 0 aliphatic heterocycles. The zero-order chi connectivity index (χ0) is 15.0. The molecule has 0 heterocycles. The predicted molar refractivity (Wildman–Crippen MR) is 80.6 cm³/mol. The molecule has 3 N–H and O–H groups in total. The summed E-state index contributed by atoms with van der Waals surface area (Å²) in [7, 11) is 2.17. The van der Waals surface area contributed by atoms with Gasteiger partial charge < -0.3 is 15.7 Å². The van der Waals surface area contributed by atoms with Gasteiger partial charge in [-0.1, -0.05) is 13.8 Å². The van der Waals surface area contributed by atoms with Gasteiger partial charge in [0.05, 0.1) is 0 Å². The van der Waals surface area contributed by atoms with Crippen LogP contribution in [0.3, 0.4) is 0 Å². The first-order valence-corrected chi connectivity index (χ1v) is 7.98. The first-order chi connectivity index (χ1) is 9.23. The Morgan fingerprint density at radius 1 is 1.15 bits per heavy atom. The van der Waals surface area contributed by atoms with Gasteiger partial charge in [-0.3, -0.25) is 4.79 Å². The third-order valence-corrected chi connectivity index (χ3v) is 5.65. The zero-order valence-electron chi connectivity index (χ0n) is 13.2. The molecule has 0 aromatic rings. The molecular weight excluding hydrogens is 252 g/mol. The fourth-order valence-corrected chi connectivity index (χ4v) is 3.91. The Hall–Kier alpha value is -0.610. The van der Waals surface area contributed by atoms with Gasteiger partial charge in [0.1, 0.15) is 5.54 Å². The number of nitrogens with zero attached hydrogens (tertiary/aromatic N) is 1. The SMILES string of the molecule is CN(C1CCC(C)(C)CC1)C1CCCC(N)(C(=O)O)C1. The summed E-state index contributed by atoms with van der Waals surface area (Å²) in [6.45, 7) is 4.69. The highest BCUT2D eigenvalue weighted by atomic mass is 16.4. The lowest BCUT2D eigenvalue weighted by Gasteiger charge is -2.45. The first-order valence-electron chi connectivity index (χ1n) is 7.98. The van der Waals surface area contributed by atoms with E-state index in [0.717, 1.165) is 12.8 Å². The minimum absolute atomic E-state index is 0.330. The first kappa shape index (κ1) is 15.8. The summed E-state index contributed by atoms with van der Waals surface area (Å²) in [6.07, 6.45) is 8.21. The quantitative estimate of drug-likeness (QED) is 0.835. The van der Waals surface area contributed by atoms with Gasteiger partial charge in [0.15, 0.2) is 0 Å². The van der Waals surface area contributed by atoms with Crippen LogP contribution in [0.4, 0.5) is 0 Å². The van der Waals surface area contributed by atoms with Gasteiger partial charge in [-0.05, 0) is 63.8 Å². The summed E-state index contributed by atoms with van der Waals surface area (Å²) in [4.78, 5) is 13.8. The van der Waals surface area contributed by atoms with E-state index in [2.05, 4.69) is 25.8 Å². The van der Waals surface area contributed by atoms with Crippen LogP contribution >= 0.6 is 0 Å². The average molecular weight is 282 g/mol. The Morgan fingerprint density at radius 3 is 2.30 bits per heavy atom. The Labute approximate surface area is 122 Å². The van der Waals surface area contributed by atoms with Crippen LogP contribution in [0.1, 0.15) is 65.2 Å². The Balaban J connectivity index is 1.96. The van der Waals surface area contributed by atoms with Crippen molar-refractivity contribution in [3.63, 3.8) is 0 Å². The van der Waals surface area contributed by atoms with Crippen LogP contribution in [0.15, 0.2) is 0 Å². The maximum Gasteiger partial charge on any atom is 0.323 e. The van der Waals surface area contributed by atoms with Gasteiger partial charge in [0, 0.05) is 12.1 Å². The Kier molecular flexibility index (Phi) is 4.45. The van der Waals surface area contributed by atoms with Crippen LogP contribution in [0, 0.1) is 5.41 Å². The van der Waals surface area contributed by atoms with Crippen LogP contribution in [0.25, 0.3) is 0 Å². The van der Waals surface area contributed by atoms with Crippen molar-refractivity contribution in [2.24, 2.45) is 11.1 Å². The minimum atomic E-state index is -1.01. The lowest BCUT2D eigenvalue weighted by Crippen LogP contribution is -2.56. The van der Waals surface area contributed by atoms with E-state index in [1.165, 1.54) is 25.7 Å². The molecule has 2 fully saturated rings. The number of rotatable bonds is 3. The molecule has 0 amide bonds. The number of aliphatic carboxylic acids is 1. The van der Waals surface area contributed by atoms with E-state index in [-0.39, 0.29) is 0 Å². The summed E-state index contributed by atoms with van der Waals surface area (Å²) < 4.78 is 0. The van der Waals surface area contributed by atoms with Crippen molar-refractivity contribution in [2.45, 2.75) is 82.8 Å². The molecule has 0 aromatic heterocycles. The van der Waals surface area contributed by atoms with Crippen LogP contribution in [-0.2, 0) is 4.79 Å². The highest BCUT2D eigenvalue weighted by Gasteiger charge is 2.42. The molecule has 4 heteroatoms. The van der Waals surface area contributed by atoms with Crippen molar-refractivity contribution in [2.75, 3.05) is 7.05 Å². The third-order valence-electron chi connectivity index (χ3n) is 5.65. The number of carboxylic acid groups (broad SMARTS) is 1. The highest BCUT2D eigenvalue weighted by Crippen LogP contribution is 2.39. The average Bonchev–Trinajstić information content (AvgIpc) is 2.38. The van der Waals surface area contributed by atoms with E-state index in [0.29, 0.717) is 30.3 Å². The van der Waals surface area contributed by atoms with E-state index >= 15 is 0 Å². The summed E-state index contributed by atoms with van der Waals surface area (Å²) in [5, 5.41) is 9.33. The lowest BCUT2D eigenvalue weighted by molar-refractivity contribution is -0.145. The van der Waals surface area contributed by atoms with Gasteiger partial charge in [0.25, 0.3) is 0 Å². The molecule has 0 aromatic carbocycles. The minimum Gasteiger partial charge on any atom is -0.480 e. The van der Waals surface area contributed by atoms with Crippen molar-refractivity contribution >= 4 is 5.97 Å². The molecule has 116 valence electrons. The van der Waals surface area contributed by atoms with Gasteiger partial charge in [-0.25, -0.2) is 0 Å². The van der Waals surface area contributed by atoms with E-state index in [9.17, 15) is 9.90 Å². The molecule has 2 saturated carbocycles. The Bertz CT molecular complexity index is 359. The number of nitrogens with two attached hydrogens (primary N) is 1. The van der Waals surface area contributed by atoms with Crippen molar-refractivity contribution in [3.8, 4) is 0 Å². The normalized spacial score (nSPS) is 35.1. The lowest BCUT2D eigenvalue weighted by atomic mass is 9.74. The molecule has 20 heavy (non-hydrogen) atoms. The molecule has 0 bridgehead atoms. The topological polar surface area (TPSA) is 66.6 Å². The molecule has 0 spiro atoms. The van der Waals surface area contributed by atoms with Crippen LogP contribution < -0.4 is 5.73 Å². The molecule has 2 aliphatic carbocycles. The molecule has 0 radical (unpaired) electrons. The van der Waals surface area contributed by atoms with E-state index in [1.807, 2.05) is 0 Å². The summed E-state index contributed by atoms with van der Waals surface area (Å²) >= 11 is 0. The van der Waals surface area contributed by atoms with E-state index in [1.54, 1.807) is 0 Å². The zero-order valence-corrected chi connectivity index (χ0v) is 13.2. The number of hydrogen-bond donors (Lipinski definition) is 2. The smallest absolute Gasteiger partial charge is 0.323 e. The summed E-state index contributed by atoms with van der Waals surface area (Å²) in [5.41, 5.74) is 5.54. The molecule has 2 atom stereocenters. The van der Waals surface area contributed by atoms with Crippen molar-refractivity contribution in [1.82, 2.24) is 4.90 Å². The van der Waals surface area contributed by atoms with E-state index in [4.69, 9.17) is 5.73 Å². The van der Waals surface area contributed by atoms with Gasteiger partial charge >= 0.3 is 5.97 Å². The second-order valence-corrected chi connectivity index (χ2v) is 7.77. The van der Waals surface area contributed by atoms with Gasteiger partial charge in [0.2, 0.25) is 0 Å². The molecule has 4 nitrogen and oxygen atoms in total. The molecule has 2 rings (SSSR count). The van der Waals surface area contributed by atoms with Crippen LogP contribution in [0.2, 0.25) is 0 Å². The second-order valence-electron chi connectivity index (χ2n) is 7.77. The predicted octanol–water partition coefficient (Wildman–Crippen LogP) is 2.61. The highest BCUT2D eigenvalue weighted by molar-refractivity contribution is 5.78. The fraction of sp³-hybridized carbons (Fsp3) is 0.938. The number of carboxylic acids is 1. The van der Waals surface area contributed by atoms with Crippen molar-refractivity contribution in [3.05, 3.63) is 0 Å². The number of carbonyl (C=O) groups is 1. The Morgan fingerprint density at radius 2 is 1.75 bits per heavy atom. The van der Waals surface area contributed by atoms with E-state index < -0.39 is 11.5 Å². The summed E-state index contributed by atoms with van der Waals surface area (Å²) in [5.74, 6) is -0.833. The number of hydrogen-bond acceptors (Lipinski definition) is 3. The van der Waals surface area contributed by atoms with Crippen molar-refractivity contribution < 1.29 is 9.90 Å². The molecule has 2 unspecified atom stereocenters. The van der Waals surface area contributed by atoms with Crippen molar-refractivity contribution in [1.29, 1.82) is 0 Å². The van der Waals surface area contributed by atoms with Gasteiger partial charge in [-0.2, -0.15) is 0 Å².